The molecule has 0 fully saturated rings. The summed E-state index contributed by atoms with van der Waals surface area (Å²) in [6, 6.07) is 0. The molecule has 0 radical (unpaired) electrons. The molecular weight excluding hydrogens is 118 g/mol. The molecule has 0 aromatic carbocycles. The van der Waals surface area contributed by atoms with E-state index in [1.165, 1.54) is 12.8 Å². The van der Waals surface area contributed by atoms with Gasteiger partial charge in [0.15, 0.2) is 0 Å². The van der Waals surface area contributed by atoms with Gasteiger partial charge in [0.05, 0.1) is 0 Å². The summed E-state index contributed by atoms with van der Waals surface area (Å²) in [6.45, 7) is 6.78. The summed E-state index contributed by atoms with van der Waals surface area (Å²) < 4.78 is 0. The van der Waals surface area contributed by atoms with Crippen molar-refractivity contribution in [1.82, 2.24) is 0 Å². The zero-order valence-electron chi connectivity index (χ0n) is 7.78. The van der Waals surface area contributed by atoms with Gasteiger partial charge in [-0.3, -0.25) is 0 Å². The van der Waals surface area contributed by atoms with Crippen molar-refractivity contribution in [3.63, 3.8) is 0 Å². The fourth-order valence-electron chi connectivity index (χ4n) is 1.19. The molecule has 2 heteroatoms. The van der Waals surface area contributed by atoms with Crippen LogP contribution in [0.25, 0.3) is 0 Å². The van der Waals surface area contributed by atoms with Crippen molar-refractivity contribution in [2.24, 2.45) is 5.92 Å². The van der Waals surface area contributed by atoms with Gasteiger partial charge in [-0.25, -0.2) is 0 Å². The van der Waals surface area contributed by atoms with Crippen molar-refractivity contribution in [2.75, 3.05) is 0 Å². The van der Waals surface area contributed by atoms with Crippen LogP contribution in [0.1, 0.15) is 33.6 Å². The Hall–Kier alpha value is -0.000130. The molecule has 0 spiro atoms. The van der Waals surface area contributed by atoms with Crippen LogP contribution in [-0.2, 0) is 0 Å². The molecule has 0 aromatic heterocycles. The second kappa shape index (κ2) is 4.00. The molecule has 0 saturated heterocycles. The van der Waals surface area contributed by atoms with E-state index in [1.807, 2.05) is 0 Å². The summed E-state index contributed by atoms with van der Waals surface area (Å²) in [7, 11) is 6.12. The van der Waals surface area contributed by atoms with E-state index in [4.69, 9.17) is 0 Å². The van der Waals surface area contributed by atoms with Gasteiger partial charge in [0, 0.05) is 0 Å². The van der Waals surface area contributed by atoms with E-state index in [1.54, 1.807) is 0 Å². The fraction of sp³-hybridized carbons (Fsp3) is 0.875. The van der Waals surface area contributed by atoms with Crippen molar-refractivity contribution >= 4 is 21.3 Å². The molecule has 0 aromatic rings. The molecule has 56 valence electrons. The van der Waals surface area contributed by atoms with Crippen LogP contribution in [0.5, 0.6) is 0 Å². The van der Waals surface area contributed by atoms with E-state index >= 15 is 0 Å². The van der Waals surface area contributed by atoms with Gasteiger partial charge < -0.3 is 0 Å². The van der Waals surface area contributed by atoms with E-state index in [0.717, 1.165) is 0 Å². The Morgan fingerprint density at radius 3 is 2.50 bits per heavy atom. The molecule has 0 bridgehead atoms. The number of hydrogen-bond acceptors (Lipinski definition) is 0. The molecule has 0 amide bonds. The van der Waals surface area contributed by atoms with Gasteiger partial charge in [-0.1, -0.05) is 0 Å². The molecule has 0 aliphatic carbocycles. The molecule has 0 aliphatic rings. The van der Waals surface area contributed by atoms with Crippen molar-refractivity contribution < 1.29 is 0 Å². The summed E-state index contributed by atoms with van der Waals surface area (Å²) in [4.78, 5) is 0. The summed E-state index contributed by atoms with van der Waals surface area (Å²) in [5.41, 5.74) is 0. The van der Waals surface area contributed by atoms with E-state index < -0.39 is 0 Å². The predicted octanol–water partition coefficient (Wildman–Crippen LogP) is 0.937. The molecule has 0 heterocycles. The minimum absolute atomic E-state index is 0.441. The van der Waals surface area contributed by atoms with E-state index in [-0.39, 0.29) is 0 Å². The first-order chi connectivity index (χ1) is 4.54. The second-order valence-corrected chi connectivity index (χ2v) is 3.76. The van der Waals surface area contributed by atoms with Gasteiger partial charge in [0.2, 0.25) is 0 Å². The van der Waals surface area contributed by atoms with Gasteiger partial charge in [-0.05, 0) is 0 Å². The Labute approximate surface area is 66.9 Å². The van der Waals surface area contributed by atoms with Gasteiger partial charge in [-0.2, -0.15) is 0 Å². The molecule has 0 aliphatic heterocycles. The Bertz CT molecular complexity index is 108. The third-order valence-electron chi connectivity index (χ3n) is 2.48. The van der Waals surface area contributed by atoms with Crippen molar-refractivity contribution in [3.8, 4) is 0 Å². The maximum atomic E-state index is 3.81. The Morgan fingerprint density at radius 2 is 2.20 bits per heavy atom. The third kappa shape index (κ3) is 2.72. The summed E-state index contributed by atoms with van der Waals surface area (Å²) in [6.07, 6.45) is 2.56. The Balaban J connectivity index is 3.94. The van der Waals surface area contributed by atoms with Gasteiger partial charge in [-0.15, -0.1) is 0 Å². The molecule has 0 N–H and O–H groups in total. The van der Waals surface area contributed by atoms with E-state index in [0.29, 0.717) is 11.2 Å². The molecule has 0 saturated carbocycles. The molecule has 2 atom stereocenters. The second-order valence-electron chi connectivity index (χ2n) is 3.76. The fourth-order valence-corrected chi connectivity index (χ4v) is 1.19. The van der Waals surface area contributed by atoms with Crippen LogP contribution in [0.2, 0.25) is 5.31 Å². The normalized spacial score (nSPS) is 19.4. The Kier molecular flexibility index (Phi) is 4.00. The van der Waals surface area contributed by atoms with Crippen LogP contribution < -0.4 is 0 Å². The first kappa shape index (κ1) is 10.00. The molecule has 0 rings (SSSR count). The van der Waals surface area contributed by atoms with Crippen molar-refractivity contribution in [3.05, 3.63) is 0 Å². The summed E-state index contributed by atoms with van der Waals surface area (Å²) >= 11 is 0. The zero-order chi connectivity index (χ0) is 8.20. The average molecular weight is 136 g/mol. The van der Waals surface area contributed by atoms with Crippen LogP contribution in [-0.4, -0.2) is 21.3 Å². The molecule has 2 unspecified atom stereocenters. The predicted molar refractivity (Wildman–Crippen MR) is 54.2 cm³/mol. The van der Waals surface area contributed by atoms with Crippen LogP contribution >= 0.6 is 0 Å². The van der Waals surface area contributed by atoms with Crippen molar-refractivity contribution in [2.45, 2.75) is 38.9 Å². The minimum atomic E-state index is 0.441. The monoisotopic (exact) mass is 136 g/mol. The summed E-state index contributed by atoms with van der Waals surface area (Å²) in [5, 5.41) is 0.441. The Morgan fingerprint density at radius 1 is 1.70 bits per heavy atom. The third-order valence-corrected chi connectivity index (χ3v) is 2.48. The molecular formula is C8H18B2. The van der Waals surface area contributed by atoms with E-state index in [2.05, 4.69) is 42.1 Å². The first-order valence-electron chi connectivity index (χ1n) is 4.17. The standard InChI is InChI=1S/C8H18B2/c1-4-5-8(3,10)7(2)6-9/h6-7,9H,4-5,10H2,1-3H3. The molecule has 10 heavy (non-hydrogen) atoms. The SMILES string of the molecule is B=CC(C)C(B)(C)CCC. The number of hydrogen-bond donors (Lipinski definition) is 0. The molecule has 0 nitrogen and oxygen atoms in total. The van der Waals surface area contributed by atoms with Crippen LogP contribution in [0, 0.1) is 5.92 Å². The van der Waals surface area contributed by atoms with Crippen molar-refractivity contribution in [1.29, 1.82) is 0 Å². The first-order valence-corrected chi connectivity index (χ1v) is 4.17. The average Bonchev–Trinajstić information content (AvgIpc) is 1.86. The summed E-state index contributed by atoms with van der Waals surface area (Å²) in [5.74, 6) is 2.68. The van der Waals surface area contributed by atoms with Crippen LogP contribution in [0.15, 0.2) is 0 Å². The van der Waals surface area contributed by atoms with Gasteiger partial charge in [0.1, 0.15) is 0 Å². The van der Waals surface area contributed by atoms with Crippen LogP contribution in [0.3, 0.4) is 0 Å². The quantitative estimate of drug-likeness (QED) is 0.504. The van der Waals surface area contributed by atoms with Gasteiger partial charge >= 0.3 is 66.1 Å². The maximum absolute atomic E-state index is 3.81. The van der Waals surface area contributed by atoms with Gasteiger partial charge in [0.25, 0.3) is 0 Å². The van der Waals surface area contributed by atoms with E-state index in [9.17, 15) is 0 Å². The topological polar surface area (TPSA) is 0 Å². The number of rotatable bonds is 4. The zero-order valence-corrected chi connectivity index (χ0v) is 7.78. The van der Waals surface area contributed by atoms with Crippen LogP contribution in [0.4, 0.5) is 0 Å².